The molecule has 2 fully saturated rings. The lowest BCUT2D eigenvalue weighted by molar-refractivity contribution is -0.133. The van der Waals surface area contributed by atoms with Crippen LogP contribution in [0.25, 0.3) is 0 Å². The average Bonchev–Trinajstić information content (AvgIpc) is 3.00. The van der Waals surface area contributed by atoms with Crippen LogP contribution in [0.4, 0.5) is 0 Å². The Balaban J connectivity index is 1.32. The predicted octanol–water partition coefficient (Wildman–Crippen LogP) is 4.03. The third kappa shape index (κ3) is 3.26. The molecule has 0 N–H and O–H groups in total. The molecule has 0 radical (unpaired) electrons. The Hall–Kier alpha value is -1.64. The third-order valence-electron chi connectivity index (χ3n) is 6.92. The van der Waals surface area contributed by atoms with Crippen molar-refractivity contribution in [1.29, 1.82) is 0 Å². The maximum absolute atomic E-state index is 12.6. The molecule has 1 aliphatic heterocycles. The van der Waals surface area contributed by atoms with E-state index in [4.69, 9.17) is 0 Å². The summed E-state index contributed by atoms with van der Waals surface area (Å²) in [7, 11) is 0. The largest absolute Gasteiger partial charge is 0.343 e. The molecule has 3 aliphatic rings. The molecule has 1 heterocycles. The highest BCUT2D eigenvalue weighted by Crippen LogP contribution is 2.46. The number of hydrogen-bond donors (Lipinski definition) is 0. The Morgan fingerprint density at radius 2 is 1.88 bits per heavy atom. The SMILES string of the molecule is O=C1CCCCC1CCC(=O)N1CCC2(CCc3ccccc32)CC1. The first-order valence-corrected chi connectivity index (χ1v) is 10.1. The van der Waals surface area contributed by atoms with Crippen molar-refractivity contribution in [1.82, 2.24) is 4.90 Å². The highest BCUT2D eigenvalue weighted by Gasteiger charge is 2.41. The van der Waals surface area contributed by atoms with Crippen molar-refractivity contribution in [3.63, 3.8) is 0 Å². The van der Waals surface area contributed by atoms with Gasteiger partial charge in [0.2, 0.25) is 5.91 Å². The van der Waals surface area contributed by atoms with Gasteiger partial charge in [-0.25, -0.2) is 0 Å². The standard InChI is InChI=1S/C22H29NO2/c24-20-8-4-2-6-18(20)9-10-21(25)23-15-13-22(14-16-23)12-11-17-5-1-3-7-19(17)22/h1,3,5,7,18H,2,4,6,8-16H2. The van der Waals surface area contributed by atoms with Crippen LogP contribution < -0.4 is 0 Å². The minimum absolute atomic E-state index is 0.149. The van der Waals surface area contributed by atoms with Crippen LogP contribution in [0, 0.1) is 5.92 Å². The van der Waals surface area contributed by atoms with E-state index in [1.165, 1.54) is 24.0 Å². The zero-order valence-electron chi connectivity index (χ0n) is 15.1. The monoisotopic (exact) mass is 339 g/mol. The number of amides is 1. The molecule has 1 aromatic rings. The van der Waals surface area contributed by atoms with Crippen LogP contribution in [-0.2, 0) is 21.4 Å². The zero-order valence-corrected chi connectivity index (χ0v) is 15.1. The van der Waals surface area contributed by atoms with Crippen molar-refractivity contribution in [2.45, 2.75) is 69.6 Å². The van der Waals surface area contributed by atoms with Gasteiger partial charge < -0.3 is 4.90 Å². The molecule has 1 aromatic carbocycles. The van der Waals surface area contributed by atoms with Gasteiger partial charge >= 0.3 is 0 Å². The summed E-state index contributed by atoms with van der Waals surface area (Å²) in [5.74, 6) is 0.800. The topological polar surface area (TPSA) is 37.4 Å². The van der Waals surface area contributed by atoms with E-state index in [1.807, 2.05) is 0 Å². The molecule has 0 aromatic heterocycles. The quantitative estimate of drug-likeness (QED) is 0.834. The molecule has 1 amide bonds. The Kier molecular flexibility index (Phi) is 4.66. The van der Waals surface area contributed by atoms with Gasteiger partial charge in [-0.05, 0) is 61.5 Å². The number of likely N-dealkylation sites (tertiary alicyclic amines) is 1. The van der Waals surface area contributed by atoms with Crippen LogP contribution in [0.2, 0.25) is 0 Å². The van der Waals surface area contributed by atoms with E-state index in [9.17, 15) is 9.59 Å². The molecule has 1 atom stereocenters. The number of hydrogen-bond acceptors (Lipinski definition) is 2. The molecule has 134 valence electrons. The van der Waals surface area contributed by atoms with Crippen molar-refractivity contribution in [2.24, 2.45) is 5.92 Å². The molecule has 1 unspecified atom stereocenters. The van der Waals surface area contributed by atoms with Crippen LogP contribution in [0.5, 0.6) is 0 Å². The van der Waals surface area contributed by atoms with Gasteiger partial charge in [-0.2, -0.15) is 0 Å². The summed E-state index contributed by atoms with van der Waals surface area (Å²) in [5, 5.41) is 0. The minimum atomic E-state index is 0.149. The number of carbonyl (C=O) groups is 2. The van der Waals surface area contributed by atoms with Crippen LogP contribution in [-0.4, -0.2) is 29.7 Å². The molecule has 1 saturated carbocycles. The van der Waals surface area contributed by atoms with Crippen molar-refractivity contribution in [3.8, 4) is 0 Å². The number of fused-ring (bicyclic) bond motifs is 2. The smallest absolute Gasteiger partial charge is 0.222 e. The highest BCUT2D eigenvalue weighted by molar-refractivity contribution is 5.83. The van der Waals surface area contributed by atoms with Gasteiger partial charge in [0.25, 0.3) is 0 Å². The molecule has 0 bridgehead atoms. The molecule has 25 heavy (non-hydrogen) atoms. The van der Waals surface area contributed by atoms with Gasteiger partial charge in [-0.1, -0.05) is 30.7 Å². The number of nitrogens with zero attached hydrogens (tertiary/aromatic N) is 1. The second-order valence-corrected chi connectivity index (χ2v) is 8.27. The normalized spacial score (nSPS) is 25.2. The maximum Gasteiger partial charge on any atom is 0.222 e. The van der Waals surface area contributed by atoms with E-state index in [1.54, 1.807) is 0 Å². The minimum Gasteiger partial charge on any atom is -0.343 e. The predicted molar refractivity (Wildman–Crippen MR) is 98.5 cm³/mol. The zero-order chi connectivity index (χ0) is 17.3. The summed E-state index contributed by atoms with van der Waals surface area (Å²) in [4.78, 5) is 26.6. The Morgan fingerprint density at radius 1 is 1.08 bits per heavy atom. The first-order valence-electron chi connectivity index (χ1n) is 10.1. The number of benzene rings is 1. The Labute approximate surface area is 150 Å². The van der Waals surface area contributed by atoms with Gasteiger partial charge in [0.1, 0.15) is 5.78 Å². The average molecular weight is 339 g/mol. The number of rotatable bonds is 3. The lowest BCUT2D eigenvalue weighted by Gasteiger charge is -2.40. The van der Waals surface area contributed by atoms with Crippen LogP contribution in [0.3, 0.4) is 0 Å². The molecule has 2 aliphatic carbocycles. The summed E-state index contributed by atoms with van der Waals surface area (Å²) in [5.41, 5.74) is 3.36. The van der Waals surface area contributed by atoms with Crippen molar-refractivity contribution >= 4 is 11.7 Å². The van der Waals surface area contributed by atoms with Gasteiger partial charge in [0.05, 0.1) is 0 Å². The van der Waals surface area contributed by atoms with Gasteiger partial charge in [-0.15, -0.1) is 0 Å². The van der Waals surface area contributed by atoms with Crippen LogP contribution in [0.15, 0.2) is 24.3 Å². The second kappa shape index (κ2) is 6.93. The highest BCUT2D eigenvalue weighted by atomic mass is 16.2. The molecule has 4 rings (SSSR count). The maximum atomic E-state index is 12.6. The van der Waals surface area contributed by atoms with Crippen LogP contribution in [0.1, 0.15) is 68.9 Å². The van der Waals surface area contributed by atoms with E-state index in [-0.39, 0.29) is 11.8 Å². The van der Waals surface area contributed by atoms with E-state index >= 15 is 0 Å². The van der Waals surface area contributed by atoms with Crippen molar-refractivity contribution in [2.75, 3.05) is 13.1 Å². The lowest BCUT2D eigenvalue weighted by atomic mass is 9.74. The summed E-state index contributed by atoms with van der Waals surface area (Å²) in [6.07, 6.45) is 9.85. The van der Waals surface area contributed by atoms with E-state index in [2.05, 4.69) is 29.2 Å². The molecular formula is C22H29NO2. The van der Waals surface area contributed by atoms with Gasteiger partial charge in [0.15, 0.2) is 0 Å². The second-order valence-electron chi connectivity index (χ2n) is 8.27. The van der Waals surface area contributed by atoms with Crippen molar-refractivity contribution in [3.05, 3.63) is 35.4 Å². The summed E-state index contributed by atoms with van der Waals surface area (Å²) in [6.45, 7) is 1.76. The van der Waals surface area contributed by atoms with Crippen molar-refractivity contribution < 1.29 is 9.59 Å². The van der Waals surface area contributed by atoms with Gasteiger partial charge in [0, 0.05) is 31.8 Å². The molecule has 1 spiro atoms. The fourth-order valence-electron chi connectivity index (χ4n) is 5.28. The number of Topliss-reactive ketones (excluding diaryl/α,β-unsaturated/α-hetero) is 1. The Bertz CT molecular complexity index is 658. The first-order chi connectivity index (χ1) is 12.2. The molecule has 1 saturated heterocycles. The van der Waals surface area contributed by atoms with E-state index in [0.29, 0.717) is 17.6 Å². The van der Waals surface area contributed by atoms with E-state index in [0.717, 1.165) is 58.0 Å². The molecular weight excluding hydrogens is 310 g/mol. The fourth-order valence-corrected chi connectivity index (χ4v) is 5.28. The number of piperidine rings is 1. The molecule has 3 nitrogen and oxygen atoms in total. The number of carbonyl (C=O) groups excluding carboxylic acids is 2. The number of ketones is 1. The third-order valence-corrected chi connectivity index (χ3v) is 6.92. The first kappa shape index (κ1) is 16.8. The Morgan fingerprint density at radius 3 is 2.68 bits per heavy atom. The van der Waals surface area contributed by atoms with E-state index < -0.39 is 0 Å². The van der Waals surface area contributed by atoms with Gasteiger partial charge in [-0.3, -0.25) is 9.59 Å². The summed E-state index contributed by atoms with van der Waals surface area (Å²) >= 11 is 0. The lowest BCUT2D eigenvalue weighted by Crippen LogP contribution is -2.44. The fraction of sp³-hybridized carbons (Fsp3) is 0.636. The summed E-state index contributed by atoms with van der Waals surface area (Å²) in [6, 6.07) is 8.87. The number of aryl methyl sites for hydroxylation is 1. The summed E-state index contributed by atoms with van der Waals surface area (Å²) < 4.78 is 0. The molecule has 3 heteroatoms. The van der Waals surface area contributed by atoms with Crippen LogP contribution >= 0.6 is 0 Å².